The highest BCUT2D eigenvalue weighted by Gasteiger charge is 2.27. The number of piperidine rings is 1. The molecule has 0 saturated carbocycles. The Morgan fingerprint density at radius 1 is 1.48 bits per heavy atom. The van der Waals surface area contributed by atoms with Gasteiger partial charge in [0.2, 0.25) is 5.91 Å². The van der Waals surface area contributed by atoms with Crippen molar-refractivity contribution in [2.75, 3.05) is 25.0 Å². The highest BCUT2D eigenvalue weighted by Crippen LogP contribution is 2.18. The second-order valence-electron chi connectivity index (χ2n) is 5.39. The zero-order valence-electron chi connectivity index (χ0n) is 12.6. The number of carbonyl (C=O) groups is 1. The van der Waals surface area contributed by atoms with Crippen molar-refractivity contribution in [3.63, 3.8) is 0 Å². The molecule has 1 aliphatic heterocycles. The predicted octanol–water partition coefficient (Wildman–Crippen LogP) is 3.17. The van der Waals surface area contributed by atoms with E-state index in [-0.39, 0.29) is 18.1 Å². The second kappa shape index (κ2) is 7.78. The Bertz CT molecular complexity index is 462. The van der Waals surface area contributed by atoms with E-state index >= 15 is 0 Å². The maximum absolute atomic E-state index is 12.3. The van der Waals surface area contributed by atoms with Crippen molar-refractivity contribution in [1.82, 2.24) is 4.90 Å². The molecule has 1 fully saturated rings. The number of hydrogen-bond donors (Lipinski definition) is 1. The number of anilines is 1. The first-order chi connectivity index (χ1) is 10.1. The first-order valence-electron chi connectivity index (χ1n) is 7.52. The van der Waals surface area contributed by atoms with Crippen molar-refractivity contribution in [2.24, 2.45) is 0 Å². The summed E-state index contributed by atoms with van der Waals surface area (Å²) in [7, 11) is 0. The van der Waals surface area contributed by atoms with Crippen LogP contribution >= 0.6 is 11.6 Å². The summed E-state index contributed by atoms with van der Waals surface area (Å²) in [4.78, 5) is 14.5. The number of nitrogens with one attached hydrogen (secondary N) is 1. The Labute approximate surface area is 131 Å². The van der Waals surface area contributed by atoms with E-state index in [0.29, 0.717) is 5.02 Å². The Hall–Kier alpha value is -1.10. The molecule has 2 atom stereocenters. The molecular weight excluding hydrogens is 288 g/mol. The number of amides is 1. The van der Waals surface area contributed by atoms with E-state index in [1.54, 1.807) is 12.1 Å². The van der Waals surface area contributed by atoms with Gasteiger partial charge in [0, 0.05) is 23.9 Å². The molecule has 0 radical (unpaired) electrons. The summed E-state index contributed by atoms with van der Waals surface area (Å²) in [6, 6.07) is 7.00. The van der Waals surface area contributed by atoms with Crippen LogP contribution in [0, 0.1) is 0 Å². The van der Waals surface area contributed by atoms with Crippen molar-refractivity contribution in [3.05, 3.63) is 29.3 Å². The van der Waals surface area contributed by atoms with Crippen LogP contribution in [-0.2, 0) is 9.53 Å². The molecule has 0 bridgehead atoms. The number of carbonyl (C=O) groups excluding carboxylic acids is 1. The van der Waals surface area contributed by atoms with Crippen molar-refractivity contribution < 1.29 is 9.53 Å². The fourth-order valence-electron chi connectivity index (χ4n) is 2.64. The number of nitrogens with zero attached hydrogens (tertiary/aromatic N) is 1. The number of benzene rings is 1. The third kappa shape index (κ3) is 4.70. The lowest BCUT2D eigenvalue weighted by atomic mass is 10.1. The first-order valence-corrected chi connectivity index (χ1v) is 7.90. The minimum Gasteiger partial charge on any atom is -0.377 e. The Kier molecular flexibility index (Phi) is 6.03. The third-order valence-electron chi connectivity index (χ3n) is 3.85. The van der Waals surface area contributed by atoms with E-state index in [1.165, 1.54) is 0 Å². The highest BCUT2D eigenvalue weighted by molar-refractivity contribution is 6.30. The molecule has 1 aliphatic rings. The Balaban J connectivity index is 1.90. The van der Waals surface area contributed by atoms with E-state index in [1.807, 2.05) is 26.0 Å². The van der Waals surface area contributed by atoms with Gasteiger partial charge in [-0.15, -0.1) is 0 Å². The first kappa shape index (κ1) is 16.3. The fraction of sp³-hybridized carbons (Fsp3) is 0.562. The molecular formula is C16H23ClN2O2. The molecule has 2 unspecified atom stereocenters. The van der Waals surface area contributed by atoms with Crippen LogP contribution in [0.3, 0.4) is 0 Å². The molecule has 1 aromatic carbocycles. The van der Waals surface area contributed by atoms with Gasteiger partial charge in [0.25, 0.3) is 0 Å². The van der Waals surface area contributed by atoms with Crippen molar-refractivity contribution in [1.29, 1.82) is 0 Å². The average Bonchev–Trinajstić information content (AvgIpc) is 2.49. The predicted molar refractivity (Wildman–Crippen MR) is 85.8 cm³/mol. The lowest BCUT2D eigenvalue weighted by Gasteiger charge is -2.35. The summed E-state index contributed by atoms with van der Waals surface area (Å²) in [6.07, 6.45) is 2.40. The van der Waals surface area contributed by atoms with Gasteiger partial charge in [-0.05, 0) is 57.5 Å². The largest absolute Gasteiger partial charge is 0.377 e. The van der Waals surface area contributed by atoms with Crippen LogP contribution in [0.2, 0.25) is 5.02 Å². The monoisotopic (exact) mass is 310 g/mol. The van der Waals surface area contributed by atoms with Crippen LogP contribution in [0.5, 0.6) is 0 Å². The van der Waals surface area contributed by atoms with Crippen LogP contribution in [0.1, 0.15) is 26.7 Å². The van der Waals surface area contributed by atoms with Crippen molar-refractivity contribution >= 4 is 23.2 Å². The molecule has 116 valence electrons. The maximum atomic E-state index is 12.3. The summed E-state index contributed by atoms with van der Waals surface area (Å²) in [5, 5.41) is 3.60. The summed E-state index contributed by atoms with van der Waals surface area (Å²) in [6.45, 7) is 6.45. The fourth-order valence-corrected chi connectivity index (χ4v) is 2.76. The van der Waals surface area contributed by atoms with E-state index in [4.69, 9.17) is 16.3 Å². The zero-order chi connectivity index (χ0) is 15.2. The van der Waals surface area contributed by atoms with Crippen molar-refractivity contribution in [2.45, 2.75) is 38.8 Å². The Morgan fingerprint density at radius 3 is 2.86 bits per heavy atom. The topological polar surface area (TPSA) is 41.6 Å². The van der Waals surface area contributed by atoms with Gasteiger partial charge >= 0.3 is 0 Å². The van der Waals surface area contributed by atoms with Gasteiger partial charge in [-0.1, -0.05) is 11.6 Å². The van der Waals surface area contributed by atoms with Gasteiger partial charge in [0.05, 0.1) is 12.1 Å². The minimum absolute atomic E-state index is 0.00877. The summed E-state index contributed by atoms with van der Waals surface area (Å²) in [5.41, 5.74) is 0.773. The van der Waals surface area contributed by atoms with Gasteiger partial charge in [-0.25, -0.2) is 0 Å². The van der Waals surface area contributed by atoms with Crippen LogP contribution in [0.15, 0.2) is 24.3 Å². The third-order valence-corrected chi connectivity index (χ3v) is 4.10. The lowest BCUT2D eigenvalue weighted by molar-refractivity contribution is -0.122. The molecule has 21 heavy (non-hydrogen) atoms. The van der Waals surface area contributed by atoms with Crippen LogP contribution in [-0.4, -0.2) is 42.6 Å². The van der Waals surface area contributed by atoms with Gasteiger partial charge in [0.1, 0.15) is 0 Å². The highest BCUT2D eigenvalue weighted by atomic mass is 35.5. The molecule has 2 rings (SSSR count). The molecule has 4 nitrogen and oxygen atoms in total. The molecule has 0 spiro atoms. The van der Waals surface area contributed by atoms with Gasteiger partial charge in [-0.3, -0.25) is 9.69 Å². The normalized spacial score (nSPS) is 21.0. The van der Waals surface area contributed by atoms with Gasteiger partial charge < -0.3 is 10.1 Å². The van der Waals surface area contributed by atoms with Crippen LogP contribution in [0.4, 0.5) is 5.69 Å². The van der Waals surface area contributed by atoms with E-state index < -0.39 is 0 Å². The molecule has 5 heteroatoms. The minimum atomic E-state index is -0.163. The summed E-state index contributed by atoms with van der Waals surface area (Å²) >= 11 is 5.84. The number of ether oxygens (including phenoxy) is 1. The van der Waals surface area contributed by atoms with E-state index in [0.717, 1.165) is 38.2 Å². The number of halogens is 1. The SMILES string of the molecule is CCOC1CCCN(C(C)C(=O)Nc2ccc(Cl)cc2)C1. The second-order valence-corrected chi connectivity index (χ2v) is 5.82. The smallest absolute Gasteiger partial charge is 0.241 e. The molecule has 1 aromatic rings. The number of likely N-dealkylation sites (tertiary alicyclic amines) is 1. The maximum Gasteiger partial charge on any atom is 0.241 e. The van der Waals surface area contributed by atoms with Gasteiger partial charge in [0.15, 0.2) is 0 Å². The number of hydrogen-bond acceptors (Lipinski definition) is 3. The van der Waals surface area contributed by atoms with E-state index in [9.17, 15) is 4.79 Å². The zero-order valence-corrected chi connectivity index (χ0v) is 13.4. The lowest BCUT2D eigenvalue weighted by Crippen LogP contribution is -2.49. The van der Waals surface area contributed by atoms with Crippen LogP contribution < -0.4 is 5.32 Å². The molecule has 1 amide bonds. The molecule has 1 N–H and O–H groups in total. The molecule has 1 saturated heterocycles. The summed E-state index contributed by atoms with van der Waals surface area (Å²) < 4.78 is 5.69. The van der Waals surface area contributed by atoms with E-state index in [2.05, 4.69) is 10.2 Å². The Morgan fingerprint density at radius 2 is 2.19 bits per heavy atom. The van der Waals surface area contributed by atoms with Gasteiger partial charge in [-0.2, -0.15) is 0 Å². The van der Waals surface area contributed by atoms with Crippen LogP contribution in [0.25, 0.3) is 0 Å². The summed E-state index contributed by atoms with van der Waals surface area (Å²) in [5.74, 6) is 0.00877. The standard InChI is InChI=1S/C16H23ClN2O2/c1-3-21-15-5-4-10-19(11-15)12(2)16(20)18-14-8-6-13(17)7-9-14/h6-9,12,15H,3-5,10-11H2,1-2H3,(H,18,20). The molecule has 0 aliphatic carbocycles. The number of rotatable bonds is 5. The quantitative estimate of drug-likeness (QED) is 0.908. The van der Waals surface area contributed by atoms with Crippen molar-refractivity contribution in [3.8, 4) is 0 Å². The molecule has 1 heterocycles. The average molecular weight is 311 g/mol. The molecule has 0 aromatic heterocycles.